The molecule has 0 saturated carbocycles. The van der Waals surface area contributed by atoms with E-state index in [4.69, 9.17) is 5.11 Å². The molecule has 0 amide bonds. The molecule has 1 N–H and O–H groups in total. The van der Waals surface area contributed by atoms with Crippen molar-refractivity contribution in [1.29, 1.82) is 0 Å². The molecule has 0 heterocycles. The van der Waals surface area contributed by atoms with E-state index in [9.17, 15) is 14.0 Å². The summed E-state index contributed by atoms with van der Waals surface area (Å²) in [6.45, 7) is 0. The molecule has 0 unspecified atom stereocenters. The summed E-state index contributed by atoms with van der Waals surface area (Å²) in [5, 5.41) is 9.09. The van der Waals surface area contributed by atoms with Crippen molar-refractivity contribution in [2.24, 2.45) is 0 Å². The highest BCUT2D eigenvalue weighted by atomic mass is 19.1. The lowest BCUT2D eigenvalue weighted by Gasteiger charge is -2.07. The molecule has 0 aliphatic carbocycles. The largest absolute Gasteiger partial charge is 0.505 e. The van der Waals surface area contributed by atoms with Crippen LogP contribution in [0.25, 0.3) is 0 Å². The van der Waals surface area contributed by atoms with Crippen LogP contribution in [0, 0.1) is 5.82 Å². The molecule has 86 valence electrons. The van der Waals surface area contributed by atoms with Gasteiger partial charge in [0.2, 0.25) is 0 Å². The van der Waals surface area contributed by atoms with Gasteiger partial charge in [-0.1, -0.05) is 0 Å². The summed E-state index contributed by atoms with van der Waals surface area (Å²) >= 11 is 0. The van der Waals surface area contributed by atoms with Crippen molar-refractivity contribution in [3.63, 3.8) is 0 Å². The molecule has 0 radical (unpaired) electrons. The highest BCUT2D eigenvalue weighted by molar-refractivity contribution is 6.03. The predicted octanol–water partition coefficient (Wildman–Crippen LogP) is 1.10. The maximum Gasteiger partial charge on any atom is 0.338 e. The number of phenols is 1. The Morgan fingerprint density at radius 1 is 1.12 bits per heavy atom. The van der Waals surface area contributed by atoms with Crippen LogP contribution in [0.3, 0.4) is 0 Å². The minimum absolute atomic E-state index is 0.256. The van der Waals surface area contributed by atoms with E-state index in [0.29, 0.717) is 6.07 Å². The Morgan fingerprint density at radius 2 is 1.56 bits per heavy atom. The fourth-order valence-corrected chi connectivity index (χ4v) is 1.12. The number of phenolic OH excluding ortho intramolecular Hbond substituents is 1. The third kappa shape index (κ3) is 2.10. The fourth-order valence-electron chi connectivity index (χ4n) is 1.12. The summed E-state index contributed by atoms with van der Waals surface area (Å²) in [6, 6.07) is 1.53. The first-order valence-corrected chi connectivity index (χ1v) is 4.20. The first kappa shape index (κ1) is 12.0. The molecule has 0 saturated heterocycles. The second kappa shape index (κ2) is 4.61. The molecule has 0 atom stereocenters. The van der Waals surface area contributed by atoms with Gasteiger partial charge in [-0.25, -0.2) is 14.0 Å². The first-order valence-electron chi connectivity index (χ1n) is 4.20. The number of esters is 2. The van der Waals surface area contributed by atoms with Crippen LogP contribution in [-0.2, 0) is 9.47 Å². The molecule has 1 aromatic rings. The second-order valence-corrected chi connectivity index (χ2v) is 2.83. The van der Waals surface area contributed by atoms with Crippen molar-refractivity contribution in [1.82, 2.24) is 0 Å². The van der Waals surface area contributed by atoms with Crippen LogP contribution in [0.5, 0.6) is 5.75 Å². The lowest BCUT2D eigenvalue weighted by atomic mass is 10.1. The molecule has 16 heavy (non-hydrogen) atoms. The standard InChI is InChI=1S/C10H9FO5/c1-15-9(13)5-3-7(11)8(12)4-6(5)10(14)16-2/h3-4,12H,1-2H3. The second-order valence-electron chi connectivity index (χ2n) is 2.83. The Kier molecular flexibility index (Phi) is 3.44. The lowest BCUT2D eigenvalue weighted by Crippen LogP contribution is -2.12. The number of halogens is 1. The zero-order valence-corrected chi connectivity index (χ0v) is 8.61. The maximum atomic E-state index is 13.0. The minimum Gasteiger partial charge on any atom is -0.505 e. The topological polar surface area (TPSA) is 72.8 Å². The maximum absolute atomic E-state index is 13.0. The summed E-state index contributed by atoms with van der Waals surface area (Å²) in [5.74, 6) is -3.52. The van der Waals surface area contributed by atoms with E-state index in [1.165, 1.54) is 0 Å². The molecule has 1 aromatic carbocycles. The molecule has 0 bridgehead atoms. The van der Waals surface area contributed by atoms with Crippen LogP contribution >= 0.6 is 0 Å². The average molecular weight is 228 g/mol. The normalized spacial score (nSPS) is 9.69. The summed E-state index contributed by atoms with van der Waals surface area (Å²) in [6.07, 6.45) is 0. The summed E-state index contributed by atoms with van der Waals surface area (Å²) in [7, 11) is 2.19. The average Bonchev–Trinajstić information content (AvgIpc) is 2.30. The van der Waals surface area contributed by atoms with Gasteiger partial charge in [-0.05, 0) is 12.1 Å². The lowest BCUT2D eigenvalue weighted by molar-refractivity contribution is 0.0554. The molecule has 0 fully saturated rings. The highest BCUT2D eigenvalue weighted by Crippen LogP contribution is 2.22. The molecule has 1 rings (SSSR count). The predicted molar refractivity (Wildman–Crippen MR) is 50.7 cm³/mol. The van der Waals surface area contributed by atoms with E-state index in [2.05, 4.69) is 9.47 Å². The third-order valence-corrected chi connectivity index (χ3v) is 1.90. The zero-order valence-electron chi connectivity index (χ0n) is 8.61. The van der Waals surface area contributed by atoms with Crippen molar-refractivity contribution in [3.8, 4) is 5.75 Å². The third-order valence-electron chi connectivity index (χ3n) is 1.90. The zero-order chi connectivity index (χ0) is 12.3. The van der Waals surface area contributed by atoms with E-state index in [0.717, 1.165) is 20.3 Å². The summed E-state index contributed by atoms with van der Waals surface area (Å²) in [4.78, 5) is 22.5. The smallest absolute Gasteiger partial charge is 0.338 e. The Hall–Kier alpha value is -2.11. The van der Waals surface area contributed by atoms with E-state index in [1.807, 2.05) is 0 Å². The van der Waals surface area contributed by atoms with E-state index < -0.39 is 23.5 Å². The van der Waals surface area contributed by atoms with Gasteiger partial charge in [0, 0.05) is 0 Å². The summed E-state index contributed by atoms with van der Waals surface area (Å²) in [5.41, 5.74) is -0.557. The number of rotatable bonds is 2. The van der Waals surface area contributed by atoms with Crippen LogP contribution in [0.4, 0.5) is 4.39 Å². The van der Waals surface area contributed by atoms with Crippen molar-refractivity contribution in [3.05, 3.63) is 29.1 Å². The Labute approximate surface area is 90.4 Å². The van der Waals surface area contributed by atoms with Gasteiger partial charge >= 0.3 is 11.9 Å². The van der Waals surface area contributed by atoms with Gasteiger partial charge in [0.1, 0.15) is 0 Å². The van der Waals surface area contributed by atoms with Crippen molar-refractivity contribution >= 4 is 11.9 Å². The Morgan fingerprint density at radius 3 is 2.00 bits per heavy atom. The van der Waals surface area contributed by atoms with E-state index >= 15 is 0 Å². The van der Waals surface area contributed by atoms with Gasteiger partial charge in [0.15, 0.2) is 11.6 Å². The van der Waals surface area contributed by atoms with Crippen molar-refractivity contribution < 1.29 is 28.6 Å². The van der Waals surface area contributed by atoms with Crippen LogP contribution in [0.1, 0.15) is 20.7 Å². The fraction of sp³-hybridized carbons (Fsp3) is 0.200. The molecule has 0 aliphatic heterocycles. The SMILES string of the molecule is COC(=O)c1cc(O)c(F)cc1C(=O)OC. The number of hydrogen-bond acceptors (Lipinski definition) is 5. The van der Waals surface area contributed by atoms with E-state index in [1.54, 1.807) is 0 Å². The van der Waals surface area contributed by atoms with E-state index in [-0.39, 0.29) is 11.1 Å². The molecule has 0 spiro atoms. The van der Waals surface area contributed by atoms with Crippen molar-refractivity contribution in [2.75, 3.05) is 14.2 Å². The van der Waals surface area contributed by atoms with Crippen LogP contribution < -0.4 is 0 Å². The van der Waals surface area contributed by atoms with Gasteiger partial charge in [-0.15, -0.1) is 0 Å². The molecular weight excluding hydrogens is 219 g/mol. The quantitative estimate of drug-likeness (QED) is 0.767. The number of methoxy groups -OCH3 is 2. The van der Waals surface area contributed by atoms with Gasteiger partial charge in [-0.3, -0.25) is 0 Å². The first-order chi connectivity index (χ1) is 7.51. The molecule has 5 nitrogen and oxygen atoms in total. The number of carbonyl (C=O) groups is 2. The molecule has 0 aromatic heterocycles. The number of aromatic hydroxyl groups is 1. The Balaban J connectivity index is 3.38. The summed E-state index contributed by atoms with van der Waals surface area (Å²) < 4.78 is 21.8. The van der Waals surface area contributed by atoms with Gasteiger partial charge < -0.3 is 14.6 Å². The van der Waals surface area contributed by atoms with Crippen molar-refractivity contribution in [2.45, 2.75) is 0 Å². The van der Waals surface area contributed by atoms with Gasteiger partial charge in [0.25, 0.3) is 0 Å². The number of benzene rings is 1. The molecule has 0 aliphatic rings. The molecular formula is C10H9FO5. The van der Waals surface area contributed by atoms with Gasteiger partial charge in [0.05, 0.1) is 25.3 Å². The minimum atomic E-state index is -1.02. The van der Waals surface area contributed by atoms with Crippen LogP contribution in [-0.4, -0.2) is 31.3 Å². The van der Waals surface area contributed by atoms with Crippen LogP contribution in [0.2, 0.25) is 0 Å². The number of carbonyl (C=O) groups excluding carboxylic acids is 2. The number of hydrogen-bond donors (Lipinski definition) is 1. The number of ether oxygens (including phenoxy) is 2. The highest BCUT2D eigenvalue weighted by Gasteiger charge is 2.21. The van der Waals surface area contributed by atoms with Crippen LogP contribution in [0.15, 0.2) is 12.1 Å². The Bertz CT molecular complexity index is 400. The monoisotopic (exact) mass is 228 g/mol. The molecule has 6 heteroatoms. The van der Waals surface area contributed by atoms with Gasteiger partial charge in [-0.2, -0.15) is 0 Å².